The van der Waals surface area contributed by atoms with Crippen LogP contribution in [0, 0.1) is 11.3 Å². The number of nitrogens with one attached hydrogen (secondary N) is 1. The van der Waals surface area contributed by atoms with Crippen LogP contribution in [-0.2, 0) is 0 Å². The molecule has 0 saturated heterocycles. The molecule has 2 rings (SSSR count). The number of aliphatic imine (C=N–C) groups is 2. The van der Waals surface area contributed by atoms with Gasteiger partial charge in [-0.1, -0.05) is 102 Å². The fourth-order valence-corrected chi connectivity index (χ4v) is 4.32. The Hall–Kier alpha value is -3.79. The van der Waals surface area contributed by atoms with Crippen LogP contribution in [-0.4, -0.2) is 35.2 Å². The summed E-state index contributed by atoms with van der Waals surface area (Å²) < 4.78 is 0. The molecule has 40 heavy (non-hydrogen) atoms. The molecule has 0 spiro atoms. The lowest BCUT2D eigenvalue weighted by Gasteiger charge is -2.24. The van der Waals surface area contributed by atoms with E-state index in [2.05, 4.69) is 102 Å². The van der Waals surface area contributed by atoms with Crippen molar-refractivity contribution in [1.82, 2.24) is 4.90 Å². The van der Waals surface area contributed by atoms with Crippen LogP contribution in [0.25, 0.3) is 0 Å². The highest BCUT2D eigenvalue weighted by atomic mass is 15.1. The molecule has 0 amide bonds. The highest BCUT2D eigenvalue weighted by Gasteiger charge is 2.15. The quantitative estimate of drug-likeness (QED) is 0.174. The molecular weight excluding hydrogens is 488 g/mol. The van der Waals surface area contributed by atoms with Crippen LogP contribution in [0.2, 0.25) is 0 Å². The van der Waals surface area contributed by atoms with Crippen molar-refractivity contribution >= 4 is 17.3 Å². The lowest BCUT2D eigenvalue weighted by molar-refractivity contribution is 0.607. The normalized spacial score (nSPS) is 16.8. The van der Waals surface area contributed by atoms with E-state index >= 15 is 0 Å². The first kappa shape index (κ1) is 32.4. The molecule has 1 N–H and O–H groups in total. The van der Waals surface area contributed by atoms with Crippen LogP contribution in [0.3, 0.4) is 0 Å². The lowest BCUT2D eigenvalue weighted by atomic mass is 9.97. The van der Waals surface area contributed by atoms with E-state index in [1.807, 2.05) is 24.0 Å². The van der Waals surface area contributed by atoms with Gasteiger partial charge >= 0.3 is 0 Å². The topological polar surface area (TPSA) is 51.8 Å². The molecule has 4 nitrogen and oxygen atoms in total. The van der Waals surface area contributed by atoms with Crippen LogP contribution in [0.1, 0.15) is 66.7 Å². The minimum atomic E-state index is 0.401. The van der Waals surface area contributed by atoms with Crippen molar-refractivity contribution in [3.05, 3.63) is 120 Å². The minimum Gasteiger partial charge on any atom is -0.329 e. The van der Waals surface area contributed by atoms with Gasteiger partial charge < -0.3 is 4.90 Å². The van der Waals surface area contributed by atoms with E-state index < -0.39 is 0 Å². The molecule has 0 atom stereocenters. The predicted molar refractivity (Wildman–Crippen MR) is 177 cm³/mol. The number of hydrogen-bond acceptors (Lipinski definition) is 3. The SMILES string of the molecule is C=CN(CC1=CCC=C(/C=C/C(CC)=N\C(=C\C(C)C)C/N=C(\C=C/C)CC)C=C1)C(=N)C(=C)C1=CC=CCC1. The second kappa shape index (κ2) is 17.7. The van der Waals surface area contributed by atoms with Crippen molar-refractivity contribution in [2.24, 2.45) is 15.9 Å². The summed E-state index contributed by atoms with van der Waals surface area (Å²) in [5.74, 6) is 0.808. The van der Waals surface area contributed by atoms with Gasteiger partial charge in [-0.25, -0.2) is 0 Å². The van der Waals surface area contributed by atoms with Gasteiger partial charge in [-0.05, 0) is 80.0 Å². The average Bonchev–Trinajstić information content (AvgIpc) is 3.20. The summed E-state index contributed by atoms with van der Waals surface area (Å²) in [6, 6.07) is 0. The van der Waals surface area contributed by atoms with E-state index in [0.29, 0.717) is 24.8 Å². The van der Waals surface area contributed by atoms with E-state index in [4.69, 9.17) is 15.4 Å². The second-order valence-electron chi connectivity index (χ2n) is 10.2. The third-order valence-corrected chi connectivity index (χ3v) is 6.58. The molecule has 0 radical (unpaired) electrons. The Bertz CT molecular complexity index is 1220. The third-order valence-electron chi connectivity index (χ3n) is 6.58. The molecule has 0 bridgehead atoms. The fraction of sp³-hybridized carbons (Fsp3) is 0.361. The van der Waals surface area contributed by atoms with Crippen LogP contribution < -0.4 is 0 Å². The van der Waals surface area contributed by atoms with Gasteiger partial charge in [-0.15, -0.1) is 0 Å². The Labute approximate surface area is 243 Å². The van der Waals surface area contributed by atoms with Crippen molar-refractivity contribution in [1.29, 1.82) is 5.41 Å². The minimum absolute atomic E-state index is 0.401. The highest BCUT2D eigenvalue weighted by Crippen LogP contribution is 2.22. The van der Waals surface area contributed by atoms with E-state index in [1.54, 1.807) is 6.20 Å². The smallest absolute Gasteiger partial charge is 0.132 e. The molecule has 0 saturated carbocycles. The average molecular weight is 537 g/mol. The van der Waals surface area contributed by atoms with Crippen LogP contribution in [0.15, 0.2) is 130 Å². The summed E-state index contributed by atoms with van der Waals surface area (Å²) >= 11 is 0. The Morgan fingerprint density at radius 1 is 1.12 bits per heavy atom. The first-order valence-corrected chi connectivity index (χ1v) is 14.5. The molecular formula is C36H48N4. The van der Waals surface area contributed by atoms with Crippen LogP contribution >= 0.6 is 0 Å². The zero-order valence-electron chi connectivity index (χ0n) is 25.3. The van der Waals surface area contributed by atoms with Crippen LogP contribution in [0.5, 0.6) is 0 Å². The fourth-order valence-electron chi connectivity index (χ4n) is 4.32. The molecule has 0 aromatic rings. The molecule has 0 aromatic carbocycles. The molecule has 4 heteroatoms. The largest absolute Gasteiger partial charge is 0.329 e. The number of rotatable bonds is 14. The number of nitrogens with zero attached hydrogens (tertiary/aromatic N) is 3. The molecule has 0 fully saturated rings. The van der Waals surface area contributed by atoms with E-state index in [1.165, 1.54) is 0 Å². The third kappa shape index (κ3) is 11.1. The molecule has 2 aliphatic carbocycles. The van der Waals surface area contributed by atoms with E-state index in [0.717, 1.165) is 71.5 Å². The maximum Gasteiger partial charge on any atom is 0.132 e. The predicted octanol–water partition coefficient (Wildman–Crippen LogP) is 9.43. The standard InChI is InChI=1S/C36H48N4/c1-8-16-33(9-2)38-26-35(25-28(5)6)39-34(10-3)24-23-30-17-15-18-31(22-21-30)27-40(11-4)36(37)29(7)32-19-13-12-14-20-32/h8,11-13,16-19,21-25,28,37H,4,7,9-10,14-15,20,26-27H2,1-3,5-6H3/b16-8-,24-23+,35-25+,37-36?,38-33-,39-34-. The summed E-state index contributed by atoms with van der Waals surface area (Å²) in [5.41, 5.74) is 7.31. The van der Waals surface area contributed by atoms with Crippen LogP contribution in [0.4, 0.5) is 0 Å². The van der Waals surface area contributed by atoms with Crippen molar-refractivity contribution in [3.63, 3.8) is 0 Å². The van der Waals surface area contributed by atoms with Crippen molar-refractivity contribution < 1.29 is 0 Å². The van der Waals surface area contributed by atoms with Gasteiger partial charge in [0.15, 0.2) is 0 Å². The highest BCUT2D eigenvalue weighted by molar-refractivity contribution is 6.00. The summed E-state index contributed by atoms with van der Waals surface area (Å²) in [4.78, 5) is 11.6. The summed E-state index contributed by atoms with van der Waals surface area (Å²) in [6.07, 6.45) is 31.7. The Morgan fingerprint density at radius 2 is 1.90 bits per heavy atom. The molecule has 2 aliphatic rings. The van der Waals surface area contributed by atoms with Gasteiger partial charge in [-0.3, -0.25) is 15.4 Å². The first-order chi connectivity index (χ1) is 19.3. The molecule has 0 heterocycles. The number of hydrogen-bond donors (Lipinski definition) is 1. The molecule has 212 valence electrons. The van der Waals surface area contributed by atoms with Crippen molar-refractivity contribution in [2.75, 3.05) is 13.1 Å². The number of allylic oxidation sites excluding steroid dienone is 12. The first-order valence-electron chi connectivity index (χ1n) is 14.5. The molecule has 0 aromatic heterocycles. The monoisotopic (exact) mass is 536 g/mol. The van der Waals surface area contributed by atoms with E-state index in [-0.39, 0.29) is 0 Å². The number of amidine groups is 1. The van der Waals surface area contributed by atoms with Gasteiger partial charge in [0.25, 0.3) is 0 Å². The maximum absolute atomic E-state index is 8.70. The molecule has 0 aliphatic heterocycles. The lowest BCUT2D eigenvalue weighted by Crippen LogP contribution is -2.28. The molecule has 0 unspecified atom stereocenters. The van der Waals surface area contributed by atoms with Gasteiger partial charge in [-0.2, -0.15) is 0 Å². The van der Waals surface area contributed by atoms with Gasteiger partial charge in [0.05, 0.1) is 12.2 Å². The zero-order chi connectivity index (χ0) is 29.3. The summed E-state index contributed by atoms with van der Waals surface area (Å²) in [6.45, 7) is 20.0. The maximum atomic E-state index is 8.70. The van der Waals surface area contributed by atoms with Gasteiger partial charge in [0, 0.05) is 23.5 Å². The zero-order valence-corrected chi connectivity index (χ0v) is 25.3. The van der Waals surface area contributed by atoms with Crippen molar-refractivity contribution in [2.45, 2.75) is 66.7 Å². The van der Waals surface area contributed by atoms with E-state index in [9.17, 15) is 0 Å². The van der Waals surface area contributed by atoms with Gasteiger partial charge in [0.2, 0.25) is 0 Å². The Kier molecular flexibility index (Phi) is 14.4. The summed E-state index contributed by atoms with van der Waals surface area (Å²) in [7, 11) is 0. The second-order valence-corrected chi connectivity index (χ2v) is 10.2. The Morgan fingerprint density at radius 3 is 2.52 bits per heavy atom. The van der Waals surface area contributed by atoms with Crippen molar-refractivity contribution in [3.8, 4) is 0 Å². The van der Waals surface area contributed by atoms with Gasteiger partial charge in [0.1, 0.15) is 5.84 Å². The summed E-state index contributed by atoms with van der Waals surface area (Å²) in [5, 5.41) is 8.70. The Balaban J connectivity index is 2.11.